The van der Waals surface area contributed by atoms with E-state index in [1.54, 1.807) is 23.5 Å². The van der Waals surface area contributed by atoms with Crippen LogP contribution in [0.15, 0.2) is 46.7 Å². The van der Waals surface area contributed by atoms with E-state index in [1.807, 2.05) is 36.6 Å². The number of thiophene rings is 1. The average Bonchev–Trinajstić information content (AvgIpc) is 2.99. The number of amides is 2. The molecule has 3 N–H and O–H groups in total. The van der Waals surface area contributed by atoms with Gasteiger partial charge in [0.25, 0.3) is 5.91 Å². The molecule has 1 aromatic carbocycles. The predicted molar refractivity (Wildman–Crippen MR) is 86.6 cm³/mol. The molecule has 1 unspecified atom stereocenters. The molecule has 2 amide bonds. The van der Waals surface area contributed by atoms with Crippen molar-refractivity contribution < 1.29 is 9.59 Å². The molecular weight excluding hydrogens is 304 g/mol. The lowest BCUT2D eigenvalue weighted by molar-refractivity contribution is -0.115. The van der Waals surface area contributed by atoms with E-state index in [2.05, 4.69) is 5.32 Å². The predicted octanol–water partition coefficient (Wildman–Crippen LogP) is 2.82. The molecule has 2 rings (SSSR count). The third-order valence-electron chi connectivity index (χ3n) is 2.82. The minimum absolute atomic E-state index is 0.0494. The van der Waals surface area contributed by atoms with Crippen LogP contribution in [0.3, 0.4) is 0 Å². The van der Waals surface area contributed by atoms with Crippen LogP contribution in [0.4, 0.5) is 0 Å². The molecule has 0 saturated carbocycles. The summed E-state index contributed by atoms with van der Waals surface area (Å²) in [6.07, 6.45) is 0. The summed E-state index contributed by atoms with van der Waals surface area (Å²) in [5.41, 5.74) is 5.71. The van der Waals surface area contributed by atoms with Crippen LogP contribution in [0.1, 0.15) is 28.2 Å². The number of hydrogen-bond donors (Lipinski definition) is 2. The van der Waals surface area contributed by atoms with E-state index >= 15 is 0 Å². The molecule has 0 bridgehead atoms. The normalized spacial score (nSPS) is 11.9. The van der Waals surface area contributed by atoms with E-state index in [1.165, 1.54) is 11.8 Å². The smallest absolute Gasteiger partial charge is 0.252 e. The summed E-state index contributed by atoms with van der Waals surface area (Å²) in [6.45, 7) is 1.95. The van der Waals surface area contributed by atoms with Gasteiger partial charge >= 0.3 is 0 Å². The Morgan fingerprint density at radius 2 is 2.05 bits per heavy atom. The van der Waals surface area contributed by atoms with E-state index in [0.717, 1.165) is 9.77 Å². The van der Waals surface area contributed by atoms with Gasteiger partial charge in [-0.3, -0.25) is 9.59 Å². The Bertz CT molecular complexity index is 626. The molecule has 0 fully saturated rings. The summed E-state index contributed by atoms with van der Waals surface area (Å²) in [5.74, 6) is -0.393. The van der Waals surface area contributed by atoms with Gasteiger partial charge in [-0.25, -0.2) is 0 Å². The van der Waals surface area contributed by atoms with Crippen LogP contribution in [-0.4, -0.2) is 17.6 Å². The van der Waals surface area contributed by atoms with Crippen LogP contribution in [0.25, 0.3) is 0 Å². The zero-order valence-electron chi connectivity index (χ0n) is 11.5. The largest absolute Gasteiger partial charge is 0.369 e. The Morgan fingerprint density at radius 1 is 1.29 bits per heavy atom. The molecule has 1 atom stereocenters. The summed E-state index contributed by atoms with van der Waals surface area (Å²) < 4.78 is 0. The van der Waals surface area contributed by atoms with Crippen LogP contribution in [0.5, 0.6) is 0 Å². The van der Waals surface area contributed by atoms with E-state index < -0.39 is 5.91 Å². The number of primary amides is 1. The second-order valence-electron chi connectivity index (χ2n) is 4.46. The van der Waals surface area contributed by atoms with Gasteiger partial charge in [0.1, 0.15) is 0 Å². The maximum atomic E-state index is 12.4. The third kappa shape index (κ3) is 4.34. The molecule has 1 aromatic heterocycles. The first-order valence-electron chi connectivity index (χ1n) is 6.42. The zero-order chi connectivity index (χ0) is 15.2. The number of nitrogens with one attached hydrogen (secondary N) is 1. The molecular formula is C15H16N2O2S2. The number of carbonyl (C=O) groups is 2. The molecule has 0 aliphatic rings. The number of thioether (sulfide) groups is 1. The quantitative estimate of drug-likeness (QED) is 0.804. The van der Waals surface area contributed by atoms with Gasteiger partial charge in [0.15, 0.2) is 0 Å². The maximum Gasteiger partial charge on any atom is 0.252 e. The highest BCUT2D eigenvalue weighted by atomic mass is 32.2. The SMILES string of the molecule is CC(NC(=O)c1ccccc1SCC(N)=O)c1cccs1. The van der Waals surface area contributed by atoms with Crippen molar-refractivity contribution in [3.63, 3.8) is 0 Å². The highest BCUT2D eigenvalue weighted by Crippen LogP contribution is 2.24. The Labute approximate surface area is 131 Å². The van der Waals surface area contributed by atoms with Gasteiger partial charge < -0.3 is 11.1 Å². The molecule has 110 valence electrons. The minimum Gasteiger partial charge on any atom is -0.369 e. The highest BCUT2D eigenvalue weighted by molar-refractivity contribution is 8.00. The fourth-order valence-electron chi connectivity index (χ4n) is 1.81. The van der Waals surface area contributed by atoms with Crippen LogP contribution in [0.2, 0.25) is 0 Å². The molecule has 0 aliphatic heterocycles. The Balaban J connectivity index is 2.10. The molecule has 2 aromatic rings. The Morgan fingerprint density at radius 3 is 2.71 bits per heavy atom. The van der Waals surface area contributed by atoms with E-state index in [9.17, 15) is 9.59 Å². The highest BCUT2D eigenvalue weighted by Gasteiger charge is 2.15. The first-order chi connectivity index (χ1) is 10.1. The zero-order valence-corrected chi connectivity index (χ0v) is 13.2. The monoisotopic (exact) mass is 320 g/mol. The third-order valence-corrected chi connectivity index (χ3v) is 4.97. The topological polar surface area (TPSA) is 72.2 Å². The van der Waals surface area contributed by atoms with Gasteiger partial charge in [0.05, 0.1) is 17.4 Å². The second kappa shape index (κ2) is 7.28. The minimum atomic E-state index is -0.401. The molecule has 21 heavy (non-hydrogen) atoms. The van der Waals surface area contributed by atoms with Crippen LogP contribution in [-0.2, 0) is 4.79 Å². The standard InChI is InChI=1S/C15H16N2O2S2/c1-10(12-7-4-8-20-12)17-15(19)11-5-2-3-6-13(11)21-9-14(16)18/h2-8,10H,9H2,1H3,(H2,16,18)(H,17,19). The Kier molecular flexibility index (Phi) is 5.41. The summed E-state index contributed by atoms with van der Waals surface area (Å²) in [7, 11) is 0. The summed E-state index contributed by atoms with van der Waals surface area (Å²) >= 11 is 2.88. The molecule has 0 saturated heterocycles. The number of hydrogen-bond acceptors (Lipinski definition) is 4. The van der Waals surface area contributed by atoms with Gasteiger partial charge in [0, 0.05) is 9.77 Å². The van der Waals surface area contributed by atoms with Gasteiger partial charge in [-0.15, -0.1) is 23.1 Å². The van der Waals surface area contributed by atoms with Crippen LogP contribution < -0.4 is 11.1 Å². The molecule has 0 spiro atoms. The van der Waals surface area contributed by atoms with Crippen LogP contribution >= 0.6 is 23.1 Å². The first kappa shape index (κ1) is 15.6. The second-order valence-corrected chi connectivity index (χ2v) is 6.46. The summed E-state index contributed by atoms with van der Waals surface area (Å²) in [4.78, 5) is 25.1. The lowest BCUT2D eigenvalue weighted by Crippen LogP contribution is -2.26. The fraction of sp³-hybridized carbons (Fsp3) is 0.200. The van der Waals surface area contributed by atoms with Crippen molar-refractivity contribution in [1.82, 2.24) is 5.32 Å². The number of nitrogens with two attached hydrogens (primary N) is 1. The van der Waals surface area contributed by atoms with Crippen molar-refractivity contribution in [1.29, 1.82) is 0 Å². The molecule has 6 heteroatoms. The number of carbonyl (C=O) groups excluding carboxylic acids is 2. The van der Waals surface area contributed by atoms with Crippen molar-refractivity contribution in [3.05, 3.63) is 52.2 Å². The van der Waals surface area contributed by atoms with E-state index in [0.29, 0.717) is 5.56 Å². The van der Waals surface area contributed by atoms with Gasteiger partial charge in [-0.2, -0.15) is 0 Å². The molecule has 1 heterocycles. The Hall–Kier alpha value is -1.79. The summed E-state index contributed by atoms with van der Waals surface area (Å²) in [6, 6.07) is 11.1. The lowest BCUT2D eigenvalue weighted by Gasteiger charge is -2.14. The number of rotatable bonds is 6. The van der Waals surface area contributed by atoms with Crippen molar-refractivity contribution in [3.8, 4) is 0 Å². The van der Waals surface area contributed by atoms with Crippen molar-refractivity contribution in [2.45, 2.75) is 17.9 Å². The van der Waals surface area contributed by atoms with Gasteiger partial charge in [0.2, 0.25) is 5.91 Å². The molecule has 4 nitrogen and oxygen atoms in total. The van der Waals surface area contributed by atoms with Crippen molar-refractivity contribution >= 4 is 34.9 Å². The van der Waals surface area contributed by atoms with Crippen molar-refractivity contribution in [2.75, 3.05) is 5.75 Å². The fourth-order valence-corrected chi connectivity index (χ4v) is 3.34. The molecule has 0 radical (unpaired) electrons. The lowest BCUT2D eigenvalue weighted by atomic mass is 10.2. The van der Waals surface area contributed by atoms with Gasteiger partial charge in [-0.05, 0) is 30.5 Å². The van der Waals surface area contributed by atoms with Gasteiger partial charge in [-0.1, -0.05) is 18.2 Å². The molecule has 0 aliphatic carbocycles. The van der Waals surface area contributed by atoms with E-state index in [-0.39, 0.29) is 17.7 Å². The van der Waals surface area contributed by atoms with Crippen molar-refractivity contribution in [2.24, 2.45) is 5.73 Å². The average molecular weight is 320 g/mol. The first-order valence-corrected chi connectivity index (χ1v) is 8.29. The summed E-state index contributed by atoms with van der Waals surface area (Å²) in [5, 5.41) is 4.95. The van der Waals surface area contributed by atoms with E-state index in [4.69, 9.17) is 5.73 Å². The number of benzene rings is 1. The maximum absolute atomic E-state index is 12.4. The van der Waals surface area contributed by atoms with Crippen LogP contribution in [0, 0.1) is 0 Å².